The summed E-state index contributed by atoms with van der Waals surface area (Å²) in [5.41, 5.74) is 5.79. The van der Waals surface area contributed by atoms with Crippen LogP contribution in [0.2, 0.25) is 0 Å². The van der Waals surface area contributed by atoms with Crippen molar-refractivity contribution in [3.8, 4) is 16.9 Å². The third-order valence-corrected chi connectivity index (χ3v) is 5.37. The molecule has 150 valence electrons. The van der Waals surface area contributed by atoms with Crippen LogP contribution in [-0.2, 0) is 12.8 Å². The van der Waals surface area contributed by atoms with Crippen LogP contribution in [0.15, 0.2) is 66.7 Å². The quantitative estimate of drug-likeness (QED) is 0.346. The second-order valence-electron chi connectivity index (χ2n) is 7.60. The summed E-state index contributed by atoms with van der Waals surface area (Å²) in [5.74, 6) is 0.637. The lowest BCUT2D eigenvalue weighted by molar-refractivity contribution is -0.384. The summed E-state index contributed by atoms with van der Waals surface area (Å²) in [6, 6.07) is 21.0. The van der Waals surface area contributed by atoms with Gasteiger partial charge >= 0.3 is 0 Å². The molecule has 3 aromatic rings. The third kappa shape index (κ3) is 5.23. The van der Waals surface area contributed by atoms with E-state index in [0.717, 1.165) is 42.4 Å². The summed E-state index contributed by atoms with van der Waals surface area (Å²) in [7, 11) is 0. The lowest BCUT2D eigenvalue weighted by atomic mass is 9.90. The second-order valence-corrected chi connectivity index (χ2v) is 7.60. The molecule has 3 rings (SSSR count). The van der Waals surface area contributed by atoms with Crippen molar-refractivity contribution in [1.29, 1.82) is 0 Å². The van der Waals surface area contributed by atoms with Crippen LogP contribution >= 0.6 is 0 Å². The lowest BCUT2D eigenvalue weighted by Crippen LogP contribution is -1.99. The van der Waals surface area contributed by atoms with Crippen molar-refractivity contribution in [2.45, 2.75) is 45.4 Å². The maximum atomic E-state index is 11.2. The average Bonchev–Trinajstić information content (AvgIpc) is 2.73. The van der Waals surface area contributed by atoms with Crippen molar-refractivity contribution < 1.29 is 10.0 Å². The summed E-state index contributed by atoms with van der Waals surface area (Å²) in [4.78, 5) is 10.8. The van der Waals surface area contributed by atoms with Crippen molar-refractivity contribution in [2.75, 3.05) is 0 Å². The predicted molar refractivity (Wildman–Crippen MR) is 117 cm³/mol. The molecule has 4 heteroatoms. The molecule has 3 aromatic carbocycles. The number of phenols is 1. The Labute approximate surface area is 172 Å². The molecule has 0 radical (unpaired) electrons. The van der Waals surface area contributed by atoms with Crippen molar-refractivity contribution in [2.24, 2.45) is 0 Å². The minimum atomic E-state index is -0.326. The number of non-ortho nitro benzene ring substituents is 1. The zero-order chi connectivity index (χ0) is 20.8. The largest absolute Gasteiger partial charge is 0.508 e. The molecule has 0 spiro atoms. The minimum Gasteiger partial charge on any atom is -0.508 e. The molecule has 0 aliphatic heterocycles. The lowest BCUT2D eigenvalue weighted by Gasteiger charge is -2.14. The van der Waals surface area contributed by atoms with Gasteiger partial charge in [-0.2, -0.15) is 0 Å². The number of hydrogen-bond acceptors (Lipinski definition) is 3. The van der Waals surface area contributed by atoms with E-state index in [-0.39, 0.29) is 16.4 Å². The Balaban J connectivity index is 1.81. The smallest absolute Gasteiger partial charge is 0.269 e. The van der Waals surface area contributed by atoms with Crippen molar-refractivity contribution in [3.05, 3.63) is 93.5 Å². The Morgan fingerprint density at radius 1 is 1.00 bits per heavy atom. The van der Waals surface area contributed by atoms with Crippen molar-refractivity contribution in [3.63, 3.8) is 0 Å². The van der Waals surface area contributed by atoms with E-state index in [4.69, 9.17) is 0 Å². The molecule has 0 heterocycles. The third-order valence-electron chi connectivity index (χ3n) is 5.37. The normalized spacial score (nSPS) is 11.9. The van der Waals surface area contributed by atoms with Crippen LogP contribution in [0.1, 0.15) is 49.3 Å². The van der Waals surface area contributed by atoms with E-state index in [0.29, 0.717) is 5.92 Å². The minimum absolute atomic E-state index is 0.152. The summed E-state index contributed by atoms with van der Waals surface area (Å²) in [6.07, 6.45) is 3.80. The molecule has 0 amide bonds. The van der Waals surface area contributed by atoms with Crippen LogP contribution < -0.4 is 0 Å². The molecule has 0 aromatic heterocycles. The van der Waals surface area contributed by atoms with Gasteiger partial charge in [-0.05, 0) is 71.2 Å². The van der Waals surface area contributed by atoms with E-state index < -0.39 is 0 Å². The molecule has 0 fully saturated rings. The first-order valence-electron chi connectivity index (χ1n) is 10.1. The maximum absolute atomic E-state index is 11.2. The van der Waals surface area contributed by atoms with E-state index in [9.17, 15) is 15.2 Å². The molecule has 0 aliphatic carbocycles. The highest BCUT2D eigenvalue weighted by atomic mass is 16.6. The van der Waals surface area contributed by atoms with E-state index in [1.165, 1.54) is 11.1 Å². The summed E-state index contributed by atoms with van der Waals surface area (Å²) in [5, 5.41) is 20.6. The van der Waals surface area contributed by atoms with Gasteiger partial charge in [0.1, 0.15) is 5.75 Å². The van der Waals surface area contributed by atoms with Crippen LogP contribution in [0.5, 0.6) is 5.75 Å². The van der Waals surface area contributed by atoms with E-state index in [1.54, 1.807) is 24.3 Å². The predicted octanol–water partition coefficient (Wildman–Crippen LogP) is 6.66. The van der Waals surface area contributed by atoms with Gasteiger partial charge in [0.2, 0.25) is 0 Å². The van der Waals surface area contributed by atoms with Gasteiger partial charge < -0.3 is 5.11 Å². The number of phenolic OH excluding ortho intramolecular Hbond substituents is 1. The fourth-order valence-corrected chi connectivity index (χ4v) is 3.64. The van der Waals surface area contributed by atoms with Gasteiger partial charge in [-0.15, -0.1) is 0 Å². The van der Waals surface area contributed by atoms with Crippen LogP contribution in [0.25, 0.3) is 11.1 Å². The molecule has 0 saturated carbocycles. The Hall–Kier alpha value is -3.14. The maximum Gasteiger partial charge on any atom is 0.269 e. The summed E-state index contributed by atoms with van der Waals surface area (Å²) < 4.78 is 0. The molecule has 0 bridgehead atoms. The first-order chi connectivity index (χ1) is 14.0. The highest BCUT2D eigenvalue weighted by molar-refractivity contribution is 5.69. The number of rotatable bonds is 8. The Kier molecular flexibility index (Phi) is 6.65. The number of nitro groups is 1. The molecular weight excluding hydrogens is 362 g/mol. The van der Waals surface area contributed by atoms with Crippen molar-refractivity contribution in [1.82, 2.24) is 0 Å². The van der Waals surface area contributed by atoms with Gasteiger partial charge in [0, 0.05) is 12.1 Å². The van der Waals surface area contributed by atoms with Gasteiger partial charge in [-0.3, -0.25) is 10.1 Å². The molecular formula is C25H27NO3. The van der Waals surface area contributed by atoms with Gasteiger partial charge in [0.25, 0.3) is 5.69 Å². The molecule has 1 atom stereocenters. The highest BCUT2D eigenvalue weighted by Gasteiger charge is 2.13. The van der Waals surface area contributed by atoms with Crippen LogP contribution in [0.3, 0.4) is 0 Å². The fraction of sp³-hybridized carbons (Fsp3) is 0.280. The number of unbranched alkanes of at least 4 members (excludes halogenated alkanes) is 1. The van der Waals surface area contributed by atoms with Crippen LogP contribution in [0, 0.1) is 10.1 Å². The molecule has 0 saturated heterocycles. The van der Waals surface area contributed by atoms with Crippen molar-refractivity contribution >= 4 is 5.69 Å². The van der Waals surface area contributed by atoms with Crippen LogP contribution in [-0.4, -0.2) is 10.0 Å². The van der Waals surface area contributed by atoms with Gasteiger partial charge in [-0.1, -0.05) is 56.7 Å². The summed E-state index contributed by atoms with van der Waals surface area (Å²) >= 11 is 0. The monoisotopic (exact) mass is 389 g/mol. The number of aryl methyl sites for hydroxylation is 1. The van der Waals surface area contributed by atoms with E-state index >= 15 is 0 Å². The molecule has 1 unspecified atom stereocenters. The molecule has 4 nitrogen and oxygen atoms in total. The topological polar surface area (TPSA) is 63.4 Å². The standard InChI is InChI=1S/C25H27NO3/c1-3-4-5-22-17-23(26(28)29)12-15-25(22)21-10-8-20(9-11-21)18(2)16-19-6-13-24(27)14-7-19/h6-15,17-18,27H,3-5,16H2,1-2H3. The average molecular weight is 389 g/mol. The highest BCUT2D eigenvalue weighted by Crippen LogP contribution is 2.30. The first-order valence-corrected chi connectivity index (χ1v) is 10.1. The molecule has 0 aliphatic rings. The number of hydrogen-bond donors (Lipinski definition) is 1. The van der Waals surface area contributed by atoms with Gasteiger partial charge in [0.15, 0.2) is 0 Å². The van der Waals surface area contributed by atoms with E-state index in [1.807, 2.05) is 18.2 Å². The number of nitrogens with zero attached hydrogens (tertiary/aromatic N) is 1. The Bertz CT molecular complexity index is 962. The SMILES string of the molecule is CCCCc1cc([N+](=O)[O-])ccc1-c1ccc(C(C)Cc2ccc(O)cc2)cc1. The fourth-order valence-electron chi connectivity index (χ4n) is 3.64. The van der Waals surface area contributed by atoms with E-state index in [2.05, 4.69) is 38.1 Å². The molecule has 29 heavy (non-hydrogen) atoms. The second kappa shape index (κ2) is 9.37. The van der Waals surface area contributed by atoms with Crippen LogP contribution in [0.4, 0.5) is 5.69 Å². The number of benzene rings is 3. The zero-order valence-corrected chi connectivity index (χ0v) is 17.0. The number of aromatic hydroxyl groups is 1. The van der Waals surface area contributed by atoms with Gasteiger partial charge in [0.05, 0.1) is 4.92 Å². The van der Waals surface area contributed by atoms with Gasteiger partial charge in [-0.25, -0.2) is 0 Å². The zero-order valence-electron chi connectivity index (χ0n) is 17.0. The Morgan fingerprint density at radius 2 is 1.69 bits per heavy atom. The number of nitro benzene ring substituents is 1. The first kappa shape index (κ1) is 20.6. The summed E-state index contributed by atoms with van der Waals surface area (Å²) in [6.45, 7) is 4.32. The Morgan fingerprint density at radius 3 is 2.31 bits per heavy atom. The molecule has 1 N–H and O–H groups in total.